The van der Waals surface area contributed by atoms with Gasteiger partial charge in [-0.15, -0.1) is 0 Å². The molecule has 0 bridgehead atoms. The number of rotatable bonds is 20. The Morgan fingerprint density at radius 3 is 1.31 bits per heavy atom. The highest BCUT2D eigenvalue weighted by atomic mass is 79.9. The van der Waals surface area contributed by atoms with Crippen molar-refractivity contribution in [1.82, 2.24) is 0 Å². The van der Waals surface area contributed by atoms with E-state index in [1.807, 2.05) is 0 Å². The lowest BCUT2D eigenvalue weighted by atomic mass is 10.1. The predicted molar refractivity (Wildman–Crippen MR) is 182 cm³/mol. The molecule has 0 aliphatic heterocycles. The second-order valence-corrected chi connectivity index (χ2v) is 15.2. The summed E-state index contributed by atoms with van der Waals surface area (Å²) >= 11 is 0. The molecule has 2 nitrogen and oxygen atoms in total. The van der Waals surface area contributed by atoms with Crippen molar-refractivity contribution in [3.05, 3.63) is 89.5 Å². The Morgan fingerprint density at radius 1 is 0.524 bits per heavy atom. The van der Waals surface area contributed by atoms with Crippen molar-refractivity contribution in [2.45, 2.75) is 112 Å². The van der Waals surface area contributed by atoms with E-state index < -0.39 is 7.26 Å². The molecule has 3 aromatic rings. The van der Waals surface area contributed by atoms with E-state index in [2.05, 4.69) is 107 Å². The highest BCUT2D eigenvalue weighted by Crippen LogP contribution is 2.58. The summed E-state index contributed by atoms with van der Waals surface area (Å²) < 4.78 is 12.1. The number of hydrogen-bond donors (Lipinski definition) is 0. The third kappa shape index (κ3) is 10.6. The summed E-state index contributed by atoms with van der Waals surface area (Å²) in [6, 6.07) is 27.5. The smallest absolute Gasteiger partial charge is 0.157 e. The van der Waals surface area contributed by atoms with Crippen molar-refractivity contribution in [3.8, 4) is 0 Å². The molecule has 0 saturated heterocycles. The van der Waals surface area contributed by atoms with Crippen LogP contribution in [0.4, 0.5) is 0 Å². The van der Waals surface area contributed by atoms with Crippen molar-refractivity contribution >= 4 is 23.2 Å². The minimum Gasteiger partial charge on any atom is -1.00 e. The van der Waals surface area contributed by atoms with Gasteiger partial charge in [0.15, 0.2) is 6.29 Å². The first-order valence-electron chi connectivity index (χ1n) is 16.3. The van der Waals surface area contributed by atoms with E-state index in [0.29, 0.717) is 0 Å². The number of ether oxygens (including phenoxy) is 2. The highest BCUT2D eigenvalue weighted by molar-refractivity contribution is 7.96. The number of halogens is 1. The van der Waals surface area contributed by atoms with Crippen LogP contribution in [0.3, 0.4) is 0 Å². The Bertz CT molecular complexity index is 1030. The van der Waals surface area contributed by atoms with Crippen molar-refractivity contribution in [3.63, 3.8) is 0 Å². The third-order valence-corrected chi connectivity index (χ3v) is 13.3. The molecule has 4 heteroatoms. The van der Waals surface area contributed by atoms with Crippen molar-refractivity contribution in [1.29, 1.82) is 0 Å². The van der Waals surface area contributed by atoms with Crippen LogP contribution in [0.15, 0.2) is 72.8 Å². The zero-order valence-electron chi connectivity index (χ0n) is 27.0. The summed E-state index contributed by atoms with van der Waals surface area (Å²) in [6.45, 7) is 13.0. The molecule has 0 spiro atoms. The maximum atomic E-state index is 6.05. The molecule has 0 N–H and O–H groups in total. The molecular formula is C38H56BrO2P. The van der Waals surface area contributed by atoms with E-state index in [4.69, 9.17) is 9.47 Å². The molecule has 0 fully saturated rings. The lowest BCUT2D eigenvalue weighted by Crippen LogP contribution is -3.00. The van der Waals surface area contributed by atoms with Gasteiger partial charge in [-0.3, -0.25) is 0 Å². The number of aryl methyl sites for hydroxylation is 3. The van der Waals surface area contributed by atoms with Crippen LogP contribution < -0.4 is 32.9 Å². The molecule has 0 unspecified atom stereocenters. The van der Waals surface area contributed by atoms with Gasteiger partial charge >= 0.3 is 0 Å². The minimum atomic E-state index is -1.80. The molecule has 0 aliphatic carbocycles. The zero-order valence-corrected chi connectivity index (χ0v) is 29.5. The first-order valence-corrected chi connectivity index (χ1v) is 18.3. The topological polar surface area (TPSA) is 18.5 Å². The van der Waals surface area contributed by atoms with E-state index in [-0.39, 0.29) is 23.3 Å². The van der Waals surface area contributed by atoms with Gasteiger partial charge in [0.2, 0.25) is 0 Å². The van der Waals surface area contributed by atoms with Crippen LogP contribution in [-0.2, 0) is 9.47 Å². The first-order chi connectivity index (χ1) is 20.0. The highest BCUT2D eigenvalue weighted by Gasteiger charge is 2.47. The molecule has 0 atom stereocenters. The second kappa shape index (κ2) is 20.4. The molecule has 3 aromatic carbocycles. The maximum absolute atomic E-state index is 6.05. The van der Waals surface area contributed by atoms with Crippen LogP contribution in [0.25, 0.3) is 0 Å². The van der Waals surface area contributed by atoms with Gasteiger partial charge in [-0.25, -0.2) is 0 Å². The van der Waals surface area contributed by atoms with Gasteiger partial charge in [0.25, 0.3) is 0 Å². The summed E-state index contributed by atoms with van der Waals surface area (Å²) in [5.74, 6) is 0. The van der Waals surface area contributed by atoms with Gasteiger partial charge in [-0.2, -0.15) is 0 Å². The van der Waals surface area contributed by atoms with Crippen LogP contribution in [0.1, 0.15) is 101 Å². The molecule has 42 heavy (non-hydrogen) atoms. The zero-order chi connectivity index (χ0) is 29.3. The Morgan fingerprint density at radius 2 is 0.905 bits per heavy atom. The van der Waals surface area contributed by atoms with Crippen LogP contribution in [0.5, 0.6) is 0 Å². The summed E-state index contributed by atoms with van der Waals surface area (Å²) in [6.07, 6.45) is 14.4. The molecule has 0 aromatic heterocycles. The average Bonchev–Trinajstić information content (AvgIpc) is 2.98. The van der Waals surface area contributed by atoms with Gasteiger partial charge < -0.3 is 26.5 Å². The monoisotopic (exact) mass is 654 g/mol. The average molecular weight is 656 g/mol. The van der Waals surface area contributed by atoms with E-state index in [0.717, 1.165) is 32.5 Å². The fourth-order valence-corrected chi connectivity index (χ4v) is 11.3. The predicted octanol–water partition coefficient (Wildman–Crippen LogP) is 6.60. The van der Waals surface area contributed by atoms with E-state index >= 15 is 0 Å². The quantitative estimate of drug-likeness (QED) is 0.0777. The first kappa shape index (κ1) is 36.7. The van der Waals surface area contributed by atoms with Gasteiger partial charge in [-0.1, -0.05) is 101 Å². The molecule has 0 amide bonds. The molecule has 232 valence electrons. The van der Waals surface area contributed by atoms with E-state index in [1.165, 1.54) is 74.2 Å². The Kier molecular flexibility index (Phi) is 17.9. The van der Waals surface area contributed by atoms with Crippen LogP contribution in [-0.4, -0.2) is 25.7 Å². The number of hydrogen-bond acceptors (Lipinski definition) is 2. The Balaban J connectivity index is 0.00000616. The van der Waals surface area contributed by atoms with Crippen LogP contribution >= 0.6 is 7.26 Å². The molecule has 0 aliphatic rings. The minimum absolute atomic E-state index is 0. The van der Waals surface area contributed by atoms with Crippen molar-refractivity contribution in [2.75, 3.05) is 19.4 Å². The standard InChI is InChI=1S/C38H56O2P.BrH/c1-6-8-29-39-38(40-30-9-7-2)28-14-12-10-11-13-21-31-41(35-25-18-15-22-32(35)3,36-26-19-16-23-33(36)4)37-27-20-17-24-34(37)5;/h15-20,22-27,38H,6-14,21,28-31H2,1-5H3;1H/q+1;/p-1. The van der Waals surface area contributed by atoms with Gasteiger partial charge in [0.05, 0.1) is 6.16 Å². The molecule has 0 saturated carbocycles. The van der Waals surface area contributed by atoms with Crippen LogP contribution in [0, 0.1) is 20.8 Å². The second-order valence-electron chi connectivity index (χ2n) is 11.7. The Labute approximate surface area is 269 Å². The largest absolute Gasteiger partial charge is 1.00 e. The maximum Gasteiger partial charge on any atom is 0.157 e. The summed E-state index contributed by atoms with van der Waals surface area (Å²) in [5, 5.41) is 4.67. The number of unbranched alkanes of at least 4 members (excludes halogenated alkanes) is 7. The third-order valence-electron chi connectivity index (χ3n) is 8.37. The van der Waals surface area contributed by atoms with Gasteiger partial charge in [0, 0.05) is 13.2 Å². The molecule has 3 rings (SSSR count). The SMILES string of the molecule is CCCCOC(CCCCCCCC[P+](c1ccccc1C)(c1ccccc1C)c1ccccc1C)OCCCC.[Br-]. The lowest BCUT2D eigenvalue weighted by Gasteiger charge is -2.31. The Hall–Kier alpha value is -1.51. The molecular weight excluding hydrogens is 599 g/mol. The fourth-order valence-electron chi connectivity index (χ4n) is 6.03. The van der Waals surface area contributed by atoms with E-state index in [9.17, 15) is 0 Å². The number of benzene rings is 3. The van der Waals surface area contributed by atoms with Crippen LogP contribution in [0.2, 0.25) is 0 Å². The van der Waals surface area contributed by atoms with Crippen molar-refractivity contribution in [2.24, 2.45) is 0 Å². The summed E-state index contributed by atoms with van der Waals surface area (Å²) in [4.78, 5) is 0. The lowest BCUT2D eigenvalue weighted by molar-refractivity contribution is -0.147. The van der Waals surface area contributed by atoms with Gasteiger partial charge in [-0.05, 0) is 94.2 Å². The van der Waals surface area contributed by atoms with Crippen molar-refractivity contribution < 1.29 is 26.5 Å². The van der Waals surface area contributed by atoms with E-state index in [1.54, 1.807) is 15.9 Å². The normalized spacial score (nSPS) is 11.6. The summed E-state index contributed by atoms with van der Waals surface area (Å²) in [5.41, 5.74) is 4.26. The summed E-state index contributed by atoms with van der Waals surface area (Å²) in [7, 11) is -1.80. The fraction of sp³-hybridized carbons (Fsp3) is 0.526. The molecule has 0 radical (unpaired) electrons. The molecule has 0 heterocycles. The van der Waals surface area contributed by atoms with Gasteiger partial charge in [0.1, 0.15) is 23.2 Å².